The van der Waals surface area contributed by atoms with Crippen LogP contribution in [0, 0.1) is 11.6 Å². The first kappa shape index (κ1) is 13.7. The Morgan fingerprint density at radius 1 is 1.25 bits per heavy atom. The lowest BCUT2D eigenvalue weighted by Gasteiger charge is -2.29. The van der Waals surface area contributed by atoms with Gasteiger partial charge in [-0.2, -0.15) is 5.10 Å². The lowest BCUT2D eigenvalue weighted by molar-refractivity contribution is -0.0178. The highest BCUT2D eigenvalue weighted by Gasteiger charge is 2.26. The van der Waals surface area contributed by atoms with E-state index in [1.54, 1.807) is 0 Å². The lowest BCUT2D eigenvalue weighted by Crippen LogP contribution is -2.24. The Morgan fingerprint density at radius 3 is 2.75 bits per heavy atom. The van der Waals surface area contributed by atoms with Gasteiger partial charge < -0.3 is 4.74 Å². The summed E-state index contributed by atoms with van der Waals surface area (Å²) in [7, 11) is 0. The molecule has 1 aromatic carbocycles. The fourth-order valence-corrected chi connectivity index (χ4v) is 2.77. The molecule has 0 aliphatic carbocycles. The van der Waals surface area contributed by atoms with Crippen molar-refractivity contribution < 1.29 is 13.5 Å². The quantitative estimate of drug-likeness (QED) is 0.824. The Labute approximate surface area is 123 Å². The minimum atomic E-state index is -0.442. The van der Waals surface area contributed by atoms with Crippen LogP contribution in [0.1, 0.15) is 30.6 Å². The van der Waals surface area contributed by atoms with Crippen molar-refractivity contribution in [1.29, 1.82) is 0 Å². The molecular formula is C14H13BrF2N2O. The Morgan fingerprint density at radius 2 is 2.10 bits per heavy atom. The van der Waals surface area contributed by atoms with Gasteiger partial charge in [0.25, 0.3) is 0 Å². The minimum absolute atomic E-state index is 0.133. The SMILES string of the molecule is Fc1ccc(F)c([C@@H]2CC[C@@H](n3ccc(Br)n3)CO2)c1. The Balaban J connectivity index is 1.70. The van der Waals surface area contributed by atoms with Crippen molar-refractivity contribution >= 4 is 15.9 Å². The third kappa shape index (κ3) is 2.76. The van der Waals surface area contributed by atoms with Crippen molar-refractivity contribution in [3.8, 4) is 0 Å². The number of ether oxygens (including phenoxy) is 1. The molecule has 0 unspecified atom stereocenters. The average molecular weight is 343 g/mol. The van der Waals surface area contributed by atoms with Gasteiger partial charge in [-0.15, -0.1) is 0 Å². The van der Waals surface area contributed by atoms with Gasteiger partial charge in [-0.05, 0) is 53.0 Å². The van der Waals surface area contributed by atoms with Crippen molar-refractivity contribution in [1.82, 2.24) is 9.78 Å². The maximum absolute atomic E-state index is 13.7. The van der Waals surface area contributed by atoms with E-state index in [1.807, 2.05) is 16.9 Å². The average Bonchev–Trinajstić information content (AvgIpc) is 2.88. The second-order valence-electron chi connectivity index (χ2n) is 4.84. The van der Waals surface area contributed by atoms with Gasteiger partial charge in [-0.25, -0.2) is 8.78 Å². The summed E-state index contributed by atoms with van der Waals surface area (Å²) < 4.78 is 35.2. The molecular weight excluding hydrogens is 330 g/mol. The topological polar surface area (TPSA) is 27.1 Å². The van der Waals surface area contributed by atoms with E-state index < -0.39 is 11.6 Å². The predicted molar refractivity (Wildman–Crippen MR) is 73.2 cm³/mol. The molecule has 0 amide bonds. The second-order valence-corrected chi connectivity index (χ2v) is 5.65. The molecule has 1 aliphatic heterocycles. The number of hydrogen-bond acceptors (Lipinski definition) is 2. The van der Waals surface area contributed by atoms with Gasteiger partial charge in [-0.1, -0.05) is 0 Å². The third-order valence-electron chi connectivity index (χ3n) is 3.51. The molecule has 0 N–H and O–H groups in total. The van der Waals surface area contributed by atoms with E-state index >= 15 is 0 Å². The van der Waals surface area contributed by atoms with Crippen LogP contribution in [0.2, 0.25) is 0 Å². The summed E-state index contributed by atoms with van der Waals surface area (Å²) in [6, 6.07) is 5.47. The molecule has 3 rings (SSSR count). The minimum Gasteiger partial charge on any atom is -0.371 e. The molecule has 1 aliphatic rings. The number of halogens is 3. The molecule has 2 atom stereocenters. The first-order valence-corrected chi connectivity index (χ1v) is 7.20. The second kappa shape index (κ2) is 5.61. The molecule has 0 spiro atoms. The summed E-state index contributed by atoms with van der Waals surface area (Å²) in [4.78, 5) is 0. The Hall–Kier alpha value is -1.27. The lowest BCUT2D eigenvalue weighted by atomic mass is 9.98. The predicted octanol–water partition coefficient (Wildman–Crippen LogP) is 4.02. The first-order valence-electron chi connectivity index (χ1n) is 6.40. The van der Waals surface area contributed by atoms with Crippen LogP contribution in [0.5, 0.6) is 0 Å². The van der Waals surface area contributed by atoms with Crippen molar-refractivity contribution in [3.05, 3.63) is 52.3 Å². The summed E-state index contributed by atoms with van der Waals surface area (Å²) in [5.41, 5.74) is 0.296. The molecule has 0 bridgehead atoms. The normalized spacial score (nSPS) is 22.9. The molecule has 1 aromatic heterocycles. The van der Waals surface area contributed by atoms with Crippen LogP contribution in [0.3, 0.4) is 0 Å². The molecule has 0 radical (unpaired) electrons. The van der Waals surface area contributed by atoms with Gasteiger partial charge in [0.1, 0.15) is 16.2 Å². The van der Waals surface area contributed by atoms with E-state index in [4.69, 9.17) is 4.74 Å². The van der Waals surface area contributed by atoms with Crippen LogP contribution in [0.25, 0.3) is 0 Å². The Bertz CT molecular complexity index is 609. The fraction of sp³-hybridized carbons (Fsp3) is 0.357. The molecule has 106 valence electrons. The van der Waals surface area contributed by atoms with Gasteiger partial charge in [0.05, 0.1) is 18.8 Å². The van der Waals surface area contributed by atoms with Gasteiger partial charge in [-0.3, -0.25) is 4.68 Å². The molecule has 1 fully saturated rings. The first-order chi connectivity index (χ1) is 9.63. The summed E-state index contributed by atoms with van der Waals surface area (Å²) in [5, 5.41) is 4.28. The van der Waals surface area contributed by atoms with E-state index in [2.05, 4.69) is 21.0 Å². The van der Waals surface area contributed by atoms with Crippen LogP contribution < -0.4 is 0 Å². The highest BCUT2D eigenvalue weighted by Crippen LogP contribution is 2.34. The molecule has 0 saturated carbocycles. The van der Waals surface area contributed by atoms with Crippen molar-refractivity contribution in [2.45, 2.75) is 25.0 Å². The van der Waals surface area contributed by atoms with Crippen LogP contribution in [-0.4, -0.2) is 16.4 Å². The molecule has 20 heavy (non-hydrogen) atoms. The molecule has 2 heterocycles. The zero-order valence-corrected chi connectivity index (χ0v) is 12.2. The van der Waals surface area contributed by atoms with E-state index in [0.717, 1.165) is 23.2 Å². The molecule has 3 nitrogen and oxygen atoms in total. The zero-order valence-electron chi connectivity index (χ0n) is 10.6. The van der Waals surface area contributed by atoms with Crippen molar-refractivity contribution in [2.24, 2.45) is 0 Å². The van der Waals surface area contributed by atoms with Gasteiger partial charge in [0.15, 0.2) is 0 Å². The highest BCUT2D eigenvalue weighted by molar-refractivity contribution is 9.10. The molecule has 2 aromatic rings. The largest absolute Gasteiger partial charge is 0.371 e. The van der Waals surface area contributed by atoms with Crippen LogP contribution >= 0.6 is 15.9 Å². The molecule has 6 heteroatoms. The van der Waals surface area contributed by atoms with Crippen molar-refractivity contribution in [3.63, 3.8) is 0 Å². The third-order valence-corrected chi connectivity index (χ3v) is 3.93. The van der Waals surface area contributed by atoms with Crippen LogP contribution in [0.4, 0.5) is 8.78 Å². The zero-order chi connectivity index (χ0) is 14.1. The van der Waals surface area contributed by atoms with Crippen LogP contribution in [-0.2, 0) is 4.74 Å². The number of benzene rings is 1. The maximum Gasteiger partial charge on any atom is 0.129 e. The van der Waals surface area contributed by atoms with Gasteiger partial charge in [0.2, 0.25) is 0 Å². The van der Waals surface area contributed by atoms with E-state index in [1.165, 1.54) is 6.07 Å². The van der Waals surface area contributed by atoms with Gasteiger partial charge in [0, 0.05) is 11.8 Å². The number of rotatable bonds is 2. The standard InChI is InChI=1S/C14H13BrF2N2O/c15-14-5-6-19(18-14)10-2-4-13(20-8-10)11-7-9(16)1-3-12(11)17/h1,3,5-7,10,13H,2,4,8H2/t10-,13+/m1/s1. The maximum atomic E-state index is 13.7. The van der Waals surface area contributed by atoms with E-state index in [9.17, 15) is 8.78 Å². The van der Waals surface area contributed by atoms with Crippen molar-refractivity contribution in [2.75, 3.05) is 6.61 Å². The number of hydrogen-bond donors (Lipinski definition) is 0. The summed E-state index contributed by atoms with van der Waals surface area (Å²) in [6.07, 6.45) is 2.94. The highest BCUT2D eigenvalue weighted by atomic mass is 79.9. The molecule has 1 saturated heterocycles. The monoisotopic (exact) mass is 342 g/mol. The van der Waals surface area contributed by atoms with E-state index in [-0.39, 0.29) is 12.1 Å². The smallest absolute Gasteiger partial charge is 0.129 e. The van der Waals surface area contributed by atoms with Gasteiger partial charge >= 0.3 is 0 Å². The summed E-state index contributed by atoms with van der Waals surface area (Å²) >= 11 is 3.30. The summed E-state index contributed by atoms with van der Waals surface area (Å²) in [6.45, 7) is 0.439. The Kier molecular flexibility index (Phi) is 3.85. The number of aromatic nitrogens is 2. The number of nitrogens with zero attached hydrogens (tertiary/aromatic N) is 2. The van der Waals surface area contributed by atoms with E-state index in [0.29, 0.717) is 18.6 Å². The summed E-state index contributed by atoms with van der Waals surface area (Å²) in [5.74, 6) is -0.861. The fourth-order valence-electron chi connectivity index (χ4n) is 2.47. The van der Waals surface area contributed by atoms with Crippen LogP contribution in [0.15, 0.2) is 35.1 Å².